The number of hydrogen-bond acceptors (Lipinski definition) is 7. The molecule has 27 heavy (non-hydrogen) atoms. The Morgan fingerprint density at radius 3 is 1.93 bits per heavy atom. The molecule has 0 atom stereocenters. The summed E-state index contributed by atoms with van der Waals surface area (Å²) in [7, 11) is -3.75. The first kappa shape index (κ1) is 20.7. The van der Waals surface area contributed by atoms with Crippen LogP contribution in [0.15, 0.2) is 68.3 Å². The quantitative estimate of drug-likeness (QED) is 0.752. The highest BCUT2D eigenvalue weighted by Crippen LogP contribution is 2.29. The monoisotopic (exact) mass is 411 g/mol. The summed E-state index contributed by atoms with van der Waals surface area (Å²) in [5, 5.41) is 0. The van der Waals surface area contributed by atoms with Gasteiger partial charge in [-0.05, 0) is 62.4 Å². The molecule has 1 aliphatic heterocycles. The zero-order valence-corrected chi connectivity index (χ0v) is 16.3. The number of aliphatic imine (C=N–C) groups is 2. The largest absolute Gasteiger partial charge is 0.369 e. The van der Waals surface area contributed by atoms with Gasteiger partial charge in [0.25, 0.3) is 0 Å². The van der Waals surface area contributed by atoms with Crippen molar-refractivity contribution in [3.8, 4) is 0 Å². The fourth-order valence-electron chi connectivity index (χ4n) is 2.78. The van der Waals surface area contributed by atoms with Gasteiger partial charge in [0, 0.05) is 5.69 Å². The first-order chi connectivity index (χ1) is 12.1. The van der Waals surface area contributed by atoms with Crippen LogP contribution in [0.4, 0.5) is 10.1 Å². The zero-order chi connectivity index (χ0) is 19.1. The first-order valence-electron chi connectivity index (χ1n) is 7.72. The molecular weight excluding hydrogens is 393 g/mol. The van der Waals surface area contributed by atoms with E-state index in [9.17, 15) is 12.8 Å². The molecule has 7 nitrogen and oxygen atoms in total. The van der Waals surface area contributed by atoms with Gasteiger partial charge < -0.3 is 11.5 Å². The maximum Gasteiger partial charge on any atom is 0.220 e. The number of halogens is 2. The molecule has 4 N–H and O–H groups in total. The minimum Gasteiger partial charge on any atom is -0.369 e. The third-order valence-corrected chi connectivity index (χ3v) is 5.71. The van der Waals surface area contributed by atoms with Crippen LogP contribution in [0.2, 0.25) is 0 Å². The lowest BCUT2D eigenvalue weighted by Gasteiger charge is -2.38. The summed E-state index contributed by atoms with van der Waals surface area (Å²) >= 11 is 0. The second-order valence-electron chi connectivity index (χ2n) is 6.22. The lowest BCUT2D eigenvalue weighted by atomic mass is 10.1. The number of sulfone groups is 1. The summed E-state index contributed by atoms with van der Waals surface area (Å²) in [5.74, 6) is -0.253. The molecule has 0 aromatic heterocycles. The van der Waals surface area contributed by atoms with E-state index in [0.717, 1.165) is 12.1 Å². The molecule has 2 aromatic carbocycles. The molecule has 1 heterocycles. The van der Waals surface area contributed by atoms with Crippen molar-refractivity contribution in [2.45, 2.75) is 29.3 Å². The Balaban J connectivity index is 0.00000261. The van der Waals surface area contributed by atoms with Crippen LogP contribution in [0.25, 0.3) is 0 Å². The summed E-state index contributed by atoms with van der Waals surface area (Å²) in [5.41, 5.74) is 11.5. The van der Waals surface area contributed by atoms with Gasteiger partial charge in [-0.15, -0.1) is 12.4 Å². The second-order valence-corrected chi connectivity index (χ2v) is 8.17. The van der Waals surface area contributed by atoms with Gasteiger partial charge in [-0.1, -0.05) is 0 Å². The van der Waals surface area contributed by atoms with E-state index in [-0.39, 0.29) is 34.1 Å². The molecule has 0 saturated carbocycles. The van der Waals surface area contributed by atoms with Crippen LogP contribution in [-0.2, 0) is 9.84 Å². The Bertz CT molecular complexity index is 1000. The number of benzene rings is 2. The van der Waals surface area contributed by atoms with Gasteiger partial charge in [-0.25, -0.2) is 17.8 Å². The van der Waals surface area contributed by atoms with E-state index in [1.54, 1.807) is 17.0 Å². The Hall–Kier alpha value is -2.65. The summed E-state index contributed by atoms with van der Waals surface area (Å²) in [6.07, 6.45) is 0. The van der Waals surface area contributed by atoms with E-state index in [4.69, 9.17) is 11.5 Å². The second kappa shape index (κ2) is 7.16. The molecule has 0 fully saturated rings. The zero-order valence-electron chi connectivity index (χ0n) is 14.6. The normalized spacial score (nSPS) is 16.2. The van der Waals surface area contributed by atoms with Crippen LogP contribution in [0.1, 0.15) is 13.8 Å². The van der Waals surface area contributed by atoms with Crippen LogP contribution in [0.5, 0.6) is 0 Å². The van der Waals surface area contributed by atoms with E-state index in [1.807, 2.05) is 13.8 Å². The molecule has 1 aliphatic rings. The minimum absolute atomic E-state index is 0. The number of rotatable bonds is 3. The highest BCUT2D eigenvalue weighted by Gasteiger charge is 2.33. The SMILES string of the molecule is CC1(C)N=C(N)N=C(N)N1c1ccc(S(=O)(=O)c2ccc(F)cc2)cc1.Cl. The van der Waals surface area contributed by atoms with Crippen molar-refractivity contribution in [3.05, 3.63) is 54.3 Å². The van der Waals surface area contributed by atoms with E-state index in [0.29, 0.717) is 5.69 Å². The summed E-state index contributed by atoms with van der Waals surface area (Å²) < 4.78 is 38.3. The molecule has 0 aliphatic carbocycles. The van der Waals surface area contributed by atoms with Crippen molar-refractivity contribution >= 4 is 39.9 Å². The highest BCUT2D eigenvalue weighted by molar-refractivity contribution is 7.91. The van der Waals surface area contributed by atoms with Gasteiger partial charge in [0.2, 0.25) is 21.8 Å². The summed E-state index contributed by atoms with van der Waals surface area (Å²) in [4.78, 5) is 9.96. The van der Waals surface area contributed by atoms with Crippen molar-refractivity contribution in [2.24, 2.45) is 21.5 Å². The lowest BCUT2D eigenvalue weighted by Crippen LogP contribution is -2.54. The smallest absolute Gasteiger partial charge is 0.220 e. The van der Waals surface area contributed by atoms with Crippen molar-refractivity contribution in [1.29, 1.82) is 0 Å². The number of anilines is 1. The fourth-order valence-corrected chi connectivity index (χ4v) is 4.04. The van der Waals surface area contributed by atoms with Gasteiger partial charge >= 0.3 is 0 Å². The van der Waals surface area contributed by atoms with Crippen molar-refractivity contribution in [1.82, 2.24) is 0 Å². The Morgan fingerprint density at radius 1 is 0.963 bits per heavy atom. The van der Waals surface area contributed by atoms with E-state index in [2.05, 4.69) is 9.98 Å². The molecular formula is C17H19ClFN5O2S. The minimum atomic E-state index is -3.75. The average molecular weight is 412 g/mol. The van der Waals surface area contributed by atoms with Gasteiger partial charge in [-0.2, -0.15) is 4.99 Å². The Morgan fingerprint density at radius 2 is 1.44 bits per heavy atom. The molecule has 3 rings (SSSR count). The average Bonchev–Trinajstić information content (AvgIpc) is 2.54. The highest BCUT2D eigenvalue weighted by atomic mass is 35.5. The fraction of sp³-hybridized carbons (Fsp3) is 0.176. The van der Waals surface area contributed by atoms with Gasteiger partial charge in [0.15, 0.2) is 0 Å². The number of nitrogens with zero attached hydrogens (tertiary/aromatic N) is 3. The van der Waals surface area contributed by atoms with Crippen LogP contribution >= 0.6 is 12.4 Å². The first-order valence-corrected chi connectivity index (χ1v) is 9.20. The van der Waals surface area contributed by atoms with Crippen LogP contribution in [-0.4, -0.2) is 26.0 Å². The van der Waals surface area contributed by atoms with Crippen LogP contribution in [0, 0.1) is 5.82 Å². The summed E-state index contributed by atoms with van der Waals surface area (Å²) in [6, 6.07) is 10.8. The lowest BCUT2D eigenvalue weighted by molar-refractivity contribution is 0.534. The molecule has 2 aromatic rings. The predicted molar refractivity (Wildman–Crippen MR) is 105 cm³/mol. The molecule has 0 bridgehead atoms. The molecule has 0 saturated heterocycles. The van der Waals surface area contributed by atoms with E-state index >= 15 is 0 Å². The third kappa shape index (κ3) is 3.88. The number of hydrogen-bond donors (Lipinski definition) is 2. The maximum absolute atomic E-state index is 13.0. The molecule has 144 valence electrons. The molecule has 10 heteroatoms. The van der Waals surface area contributed by atoms with Crippen molar-refractivity contribution in [2.75, 3.05) is 4.90 Å². The summed E-state index contributed by atoms with van der Waals surface area (Å²) in [6.45, 7) is 3.62. The maximum atomic E-state index is 13.0. The molecule has 0 spiro atoms. The van der Waals surface area contributed by atoms with Crippen LogP contribution in [0.3, 0.4) is 0 Å². The Labute approximate surface area is 162 Å². The number of guanidine groups is 2. The standard InChI is InChI=1S/C17H18FN5O2S.ClH/c1-17(2)22-15(19)21-16(20)23(17)12-5-9-14(10-6-12)26(24,25)13-7-3-11(18)4-8-13;/h3-10H,1-2H3,(H4,19,20,21,22);1H. The molecule has 0 radical (unpaired) electrons. The van der Waals surface area contributed by atoms with E-state index < -0.39 is 21.3 Å². The van der Waals surface area contributed by atoms with Crippen LogP contribution < -0.4 is 16.4 Å². The Kier molecular flexibility index (Phi) is 5.48. The van der Waals surface area contributed by atoms with Gasteiger partial charge in [-0.3, -0.25) is 4.90 Å². The van der Waals surface area contributed by atoms with E-state index in [1.165, 1.54) is 24.3 Å². The number of nitrogens with two attached hydrogens (primary N) is 2. The topological polar surface area (TPSA) is 114 Å². The predicted octanol–water partition coefficient (Wildman–Crippen LogP) is 2.27. The van der Waals surface area contributed by atoms with Gasteiger partial charge in [0.05, 0.1) is 9.79 Å². The van der Waals surface area contributed by atoms with Crippen molar-refractivity contribution in [3.63, 3.8) is 0 Å². The van der Waals surface area contributed by atoms with Gasteiger partial charge in [0.1, 0.15) is 11.5 Å². The molecule has 0 unspecified atom stereocenters. The third-order valence-electron chi connectivity index (χ3n) is 3.92. The molecule has 0 amide bonds. The van der Waals surface area contributed by atoms with Crippen molar-refractivity contribution < 1.29 is 12.8 Å².